The molecule has 0 radical (unpaired) electrons. The number of rotatable bonds is 5. The summed E-state index contributed by atoms with van der Waals surface area (Å²) in [6.07, 6.45) is 2.40. The average Bonchev–Trinajstić information content (AvgIpc) is 3.32. The molecule has 30 heavy (non-hydrogen) atoms. The molecule has 150 valence electrons. The number of furan rings is 1. The number of nitrogens with zero attached hydrogens (tertiary/aromatic N) is 2. The van der Waals surface area contributed by atoms with E-state index in [0.717, 1.165) is 17.7 Å². The molecular formula is C22H16N2O4S2. The first-order chi connectivity index (χ1) is 14.5. The maximum atomic E-state index is 13.0. The summed E-state index contributed by atoms with van der Waals surface area (Å²) < 4.78 is 6.24. The Kier molecular flexibility index (Phi) is 5.52. The first kappa shape index (κ1) is 20.1. The van der Waals surface area contributed by atoms with Crippen LogP contribution in [0.4, 0.5) is 11.4 Å². The van der Waals surface area contributed by atoms with Gasteiger partial charge in [0.15, 0.2) is 4.32 Å². The number of nitro benzene ring substituents is 1. The van der Waals surface area contributed by atoms with E-state index in [9.17, 15) is 14.9 Å². The van der Waals surface area contributed by atoms with E-state index in [4.69, 9.17) is 16.6 Å². The fraction of sp³-hybridized carbons (Fsp3) is 0.0909. The first-order valence-corrected chi connectivity index (χ1v) is 10.4. The maximum Gasteiger partial charge on any atom is 0.280 e. The molecule has 1 saturated heterocycles. The smallest absolute Gasteiger partial charge is 0.280 e. The van der Waals surface area contributed by atoms with Gasteiger partial charge in [-0.25, -0.2) is 0 Å². The lowest BCUT2D eigenvalue weighted by molar-refractivity contribution is -0.384. The van der Waals surface area contributed by atoms with Crippen LogP contribution in [0.25, 0.3) is 17.4 Å². The Morgan fingerprint density at radius 2 is 1.87 bits per heavy atom. The summed E-state index contributed by atoms with van der Waals surface area (Å²) in [7, 11) is 0. The normalized spacial score (nSPS) is 15.2. The molecule has 1 aliphatic rings. The molecule has 8 heteroatoms. The third-order valence-corrected chi connectivity index (χ3v) is 5.98. The van der Waals surface area contributed by atoms with Crippen LogP contribution in [0.2, 0.25) is 0 Å². The molecule has 0 aliphatic carbocycles. The number of anilines is 1. The first-order valence-electron chi connectivity index (χ1n) is 9.19. The number of para-hydroxylation sites is 2. The number of thioether (sulfide) groups is 1. The predicted molar refractivity (Wildman–Crippen MR) is 122 cm³/mol. The molecule has 0 spiro atoms. The van der Waals surface area contributed by atoms with Gasteiger partial charge < -0.3 is 4.42 Å². The molecule has 1 aliphatic heterocycles. The van der Waals surface area contributed by atoms with E-state index in [-0.39, 0.29) is 11.6 Å². The molecule has 1 amide bonds. The fourth-order valence-corrected chi connectivity index (χ4v) is 4.51. The van der Waals surface area contributed by atoms with Crippen molar-refractivity contribution in [1.82, 2.24) is 0 Å². The van der Waals surface area contributed by atoms with Gasteiger partial charge in [-0.3, -0.25) is 19.8 Å². The number of aryl methyl sites for hydroxylation is 1. The van der Waals surface area contributed by atoms with Crippen molar-refractivity contribution in [3.63, 3.8) is 0 Å². The van der Waals surface area contributed by atoms with Crippen molar-refractivity contribution in [3.8, 4) is 11.3 Å². The lowest BCUT2D eigenvalue weighted by Gasteiger charge is -2.17. The van der Waals surface area contributed by atoms with Crippen LogP contribution in [0.15, 0.2) is 70.0 Å². The minimum atomic E-state index is -0.451. The maximum absolute atomic E-state index is 13.0. The summed E-state index contributed by atoms with van der Waals surface area (Å²) in [5.41, 5.74) is 2.16. The largest absolute Gasteiger partial charge is 0.456 e. The van der Waals surface area contributed by atoms with Crippen LogP contribution in [0.5, 0.6) is 0 Å². The highest BCUT2D eigenvalue weighted by Gasteiger charge is 2.34. The average molecular weight is 437 g/mol. The van der Waals surface area contributed by atoms with Crippen molar-refractivity contribution >= 4 is 51.7 Å². The van der Waals surface area contributed by atoms with Gasteiger partial charge in [0, 0.05) is 12.1 Å². The highest BCUT2D eigenvalue weighted by Crippen LogP contribution is 2.38. The lowest BCUT2D eigenvalue weighted by atomic mass is 10.1. The second-order valence-electron chi connectivity index (χ2n) is 6.48. The second kappa shape index (κ2) is 8.25. The van der Waals surface area contributed by atoms with E-state index < -0.39 is 4.92 Å². The van der Waals surface area contributed by atoms with Crippen LogP contribution in [0, 0.1) is 10.1 Å². The van der Waals surface area contributed by atoms with Gasteiger partial charge in [-0.1, -0.05) is 61.2 Å². The van der Waals surface area contributed by atoms with Crippen molar-refractivity contribution in [2.75, 3.05) is 4.90 Å². The van der Waals surface area contributed by atoms with Crippen LogP contribution in [-0.4, -0.2) is 15.2 Å². The fourth-order valence-electron chi connectivity index (χ4n) is 3.25. The van der Waals surface area contributed by atoms with Crippen molar-refractivity contribution in [2.45, 2.75) is 13.3 Å². The molecule has 2 aromatic carbocycles. The number of carbonyl (C=O) groups is 1. The Hall–Kier alpha value is -3.23. The third-order valence-electron chi connectivity index (χ3n) is 4.67. The highest BCUT2D eigenvalue weighted by molar-refractivity contribution is 8.27. The molecule has 0 saturated carbocycles. The highest BCUT2D eigenvalue weighted by atomic mass is 32.2. The van der Waals surface area contributed by atoms with Crippen molar-refractivity contribution in [1.29, 1.82) is 0 Å². The van der Waals surface area contributed by atoms with Gasteiger partial charge in [0.2, 0.25) is 0 Å². The number of carbonyl (C=O) groups excluding carboxylic acids is 1. The number of thiocarbonyl (C=S) groups is 1. The summed E-state index contributed by atoms with van der Waals surface area (Å²) in [4.78, 5) is 25.8. The van der Waals surface area contributed by atoms with E-state index in [1.54, 1.807) is 36.4 Å². The van der Waals surface area contributed by atoms with Gasteiger partial charge in [-0.15, -0.1) is 0 Å². The quantitative estimate of drug-likeness (QED) is 0.217. The van der Waals surface area contributed by atoms with E-state index in [2.05, 4.69) is 0 Å². The Balaban J connectivity index is 1.65. The number of hydrogen-bond donors (Lipinski definition) is 0. The Morgan fingerprint density at radius 3 is 2.63 bits per heavy atom. The minimum absolute atomic E-state index is 0.0408. The zero-order valence-electron chi connectivity index (χ0n) is 15.9. The van der Waals surface area contributed by atoms with Crippen molar-refractivity contribution < 1.29 is 14.1 Å². The van der Waals surface area contributed by atoms with Gasteiger partial charge in [0.1, 0.15) is 11.5 Å². The van der Waals surface area contributed by atoms with Crippen LogP contribution >= 0.6 is 24.0 Å². The molecule has 2 heterocycles. The summed E-state index contributed by atoms with van der Waals surface area (Å²) in [5, 5.41) is 11.3. The third kappa shape index (κ3) is 3.67. The molecule has 0 bridgehead atoms. The van der Waals surface area contributed by atoms with E-state index >= 15 is 0 Å². The number of hydrogen-bond acceptors (Lipinski definition) is 6. The number of amides is 1. The lowest BCUT2D eigenvalue weighted by Crippen LogP contribution is -2.28. The summed E-state index contributed by atoms with van der Waals surface area (Å²) in [6.45, 7) is 2.03. The van der Waals surface area contributed by atoms with Crippen LogP contribution in [-0.2, 0) is 11.2 Å². The molecule has 0 N–H and O–H groups in total. The summed E-state index contributed by atoms with van der Waals surface area (Å²) in [5.74, 6) is 0.572. The van der Waals surface area contributed by atoms with Gasteiger partial charge in [0.25, 0.3) is 11.6 Å². The summed E-state index contributed by atoms with van der Waals surface area (Å²) >= 11 is 6.65. The zero-order chi connectivity index (χ0) is 21.3. The van der Waals surface area contributed by atoms with Gasteiger partial charge in [0.05, 0.1) is 21.1 Å². The van der Waals surface area contributed by atoms with Crippen LogP contribution in [0.1, 0.15) is 18.2 Å². The molecule has 6 nitrogen and oxygen atoms in total. The molecule has 1 fully saturated rings. The summed E-state index contributed by atoms with van der Waals surface area (Å²) in [6, 6.07) is 17.4. The molecule has 1 aromatic heterocycles. The molecule has 3 aromatic rings. The monoisotopic (exact) mass is 436 g/mol. The Morgan fingerprint density at radius 1 is 1.13 bits per heavy atom. The molecular weight excluding hydrogens is 420 g/mol. The number of nitro groups is 1. The Bertz CT molecular complexity index is 1200. The van der Waals surface area contributed by atoms with Gasteiger partial charge in [-0.2, -0.15) is 0 Å². The van der Waals surface area contributed by atoms with Crippen LogP contribution in [0.3, 0.4) is 0 Å². The van der Waals surface area contributed by atoms with E-state index in [1.165, 1.54) is 22.7 Å². The SMILES string of the molecule is CCc1ccccc1N1C(=O)/C(=C\c2ccc(-c3ccccc3[N+](=O)[O-])o2)SC1=S. The van der Waals surface area contributed by atoms with Crippen molar-refractivity contribution in [2.24, 2.45) is 0 Å². The molecule has 0 unspecified atom stereocenters. The van der Waals surface area contributed by atoms with Crippen molar-refractivity contribution in [3.05, 3.63) is 87.0 Å². The predicted octanol–water partition coefficient (Wildman–Crippen LogP) is 5.82. The zero-order valence-corrected chi connectivity index (χ0v) is 17.5. The standard InChI is InChI=1S/C22H16N2O4S2/c1-2-14-7-3-5-9-17(14)23-21(25)20(30-22(23)29)13-15-11-12-19(28-15)16-8-4-6-10-18(16)24(26)27/h3-13H,2H2,1H3/b20-13+. The second-order valence-corrected chi connectivity index (χ2v) is 8.15. The van der Waals surface area contributed by atoms with Crippen LogP contribution < -0.4 is 4.90 Å². The van der Waals surface area contributed by atoms with E-state index in [1.807, 2.05) is 31.2 Å². The van der Waals surface area contributed by atoms with E-state index in [0.29, 0.717) is 26.3 Å². The molecule has 0 atom stereocenters. The Labute approximate surface area is 182 Å². The topological polar surface area (TPSA) is 76.6 Å². The van der Waals surface area contributed by atoms with Gasteiger partial charge >= 0.3 is 0 Å². The minimum Gasteiger partial charge on any atom is -0.456 e. The van der Waals surface area contributed by atoms with Gasteiger partial charge in [-0.05, 0) is 36.2 Å². The molecule has 4 rings (SSSR count). The number of benzene rings is 2.